The summed E-state index contributed by atoms with van der Waals surface area (Å²) in [5.41, 5.74) is 6.40. The molecule has 78 valence electrons. The van der Waals surface area contributed by atoms with Gasteiger partial charge < -0.3 is 5.73 Å². The van der Waals surface area contributed by atoms with Crippen LogP contribution in [0, 0.1) is 5.82 Å². The Morgan fingerprint density at radius 1 is 1.36 bits per heavy atom. The Labute approximate surface area is 82.9 Å². The summed E-state index contributed by atoms with van der Waals surface area (Å²) >= 11 is 0. The number of halogens is 2. The molecule has 0 spiro atoms. The molecule has 0 aliphatic rings. The molecule has 0 amide bonds. The van der Waals surface area contributed by atoms with Crippen LogP contribution in [0.15, 0.2) is 18.2 Å². The van der Waals surface area contributed by atoms with E-state index >= 15 is 0 Å². The molecule has 14 heavy (non-hydrogen) atoms. The number of benzene rings is 1. The lowest BCUT2D eigenvalue weighted by atomic mass is 9.98. The maximum atomic E-state index is 13.3. The number of nitrogens with two attached hydrogens (primary N) is 1. The maximum absolute atomic E-state index is 13.3. The van der Waals surface area contributed by atoms with E-state index in [0.717, 1.165) is 0 Å². The van der Waals surface area contributed by atoms with Gasteiger partial charge in [-0.05, 0) is 31.9 Å². The molecule has 0 bridgehead atoms. The molecule has 0 radical (unpaired) electrons. The first-order valence-corrected chi connectivity index (χ1v) is 4.69. The lowest BCUT2D eigenvalue weighted by Crippen LogP contribution is -2.19. The first-order valence-electron chi connectivity index (χ1n) is 4.69. The highest BCUT2D eigenvalue weighted by molar-refractivity contribution is 5.31. The molecule has 3 heteroatoms. The topological polar surface area (TPSA) is 26.0 Å². The summed E-state index contributed by atoms with van der Waals surface area (Å²) in [5.74, 6) is -0.488. The van der Waals surface area contributed by atoms with Gasteiger partial charge in [-0.3, -0.25) is 0 Å². The van der Waals surface area contributed by atoms with E-state index in [9.17, 15) is 8.78 Å². The third kappa shape index (κ3) is 2.51. The molecule has 2 N–H and O–H groups in total. The molecule has 0 saturated heterocycles. The van der Waals surface area contributed by atoms with E-state index in [1.807, 2.05) is 6.92 Å². The average Bonchev–Trinajstić information content (AvgIpc) is 2.01. The minimum atomic E-state index is -1.29. The Morgan fingerprint density at radius 3 is 2.50 bits per heavy atom. The minimum absolute atomic E-state index is 0.0886. The molecule has 0 fully saturated rings. The van der Waals surface area contributed by atoms with Crippen molar-refractivity contribution < 1.29 is 8.78 Å². The van der Waals surface area contributed by atoms with Gasteiger partial charge in [-0.25, -0.2) is 8.78 Å². The van der Waals surface area contributed by atoms with Gasteiger partial charge in [-0.2, -0.15) is 0 Å². The second kappa shape index (κ2) is 4.51. The van der Waals surface area contributed by atoms with E-state index in [4.69, 9.17) is 5.73 Å². The molecule has 0 aromatic heterocycles. The summed E-state index contributed by atoms with van der Waals surface area (Å²) in [6, 6.07) is 4.49. The smallest absolute Gasteiger partial charge is 0.129 e. The number of hydrogen-bond acceptors (Lipinski definition) is 1. The van der Waals surface area contributed by atoms with Crippen molar-refractivity contribution in [3.8, 4) is 0 Å². The van der Waals surface area contributed by atoms with Crippen molar-refractivity contribution in [2.75, 3.05) is 0 Å². The van der Waals surface area contributed by atoms with Gasteiger partial charge in [0.2, 0.25) is 0 Å². The summed E-state index contributed by atoms with van der Waals surface area (Å²) in [5, 5.41) is 0. The molecule has 0 aliphatic carbocycles. The van der Waals surface area contributed by atoms with E-state index in [1.165, 1.54) is 13.0 Å². The van der Waals surface area contributed by atoms with Crippen molar-refractivity contribution in [1.29, 1.82) is 0 Å². The van der Waals surface area contributed by atoms with E-state index in [2.05, 4.69) is 0 Å². The fourth-order valence-corrected chi connectivity index (χ4v) is 1.55. The first-order chi connectivity index (χ1) is 6.52. The zero-order valence-corrected chi connectivity index (χ0v) is 8.43. The molecule has 0 heterocycles. The minimum Gasteiger partial charge on any atom is -0.328 e. The van der Waals surface area contributed by atoms with Crippen molar-refractivity contribution in [2.24, 2.45) is 5.73 Å². The average molecular weight is 199 g/mol. The number of hydrogen-bond donors (Lipinski definition) is 1. The Bertz CT molecular complexity index is 308. The normalized spacial score (nSPS) is 15.2. The third-order valence-electron chi connectivity index (χ3n) is 2.08. The van der Waals surface area contributed by atoms with Crippen LogP contribution in [0.3, 0.4) is 0 Å². The molecule has 1 nitrogen and oxygen atoms in total. The van der Waals surface area contributed by atoms with Crippen LogP contribution in [0.1, 0.15) is 31.1 Å². The maximum Gasteiger partial charge on any atom is 0.129 e. The summed E-state index contributed by atoms with van der Waals surface area (Å²) in [6.45, 7) is 3.15. The van der Waals surface area contributed by atoms with Gasteiger partial charge >= 0.3 is 0 Å². The van der Waals surface area contributed by atoms with E-state index in [0.29, 0.717) is 12.0 Å². The monoisotopic (exact) mass is 199 g/mol. The molecule has 1 aromatic carbocycles. The van der Waals surface area contributed by atoms with Gasteiger partial charge in [-0.1, -0.05) is 12.1 Å². The van der Waals surface area contributed by atoms with Crippen LogP contribution in [0.25, 0.3) is 0 Å². The first kappa shape index (κ1) is 11.1. The van der Waals surface area contributed by atoms with Crippen molar-refractivity contribution in [1.82, 2.24) is 0 Å². The number of alkyl halides is 1. The van der Waals surface area contributed by atoms with Gasteiger partial charge in [-0.15, -0.1) is 0 Å². The summed E-state index contributed by atoms with van der Waals surface area (Å²) < 4.78 is 26.4. The van der Waals surface area contributed by atoms with Gasteiger partial charge in [0.1, 0.15) is 12.0 Å². The van der Waals surface area contributed by atoms with Crippen LogP contribution in [0.4, 0.5) is 8.78 Å². The van der Waals surface area contributed by atoms with E-state index < -0.39 is 12.0 Å². The fourth-order valence-electron chi connectivity index (χ4n) is 1.55. The predicted molar refractivity (Wildman–Crippen MR) is 53.3 cm³/mol. The Morgan fingerprint density at radius 2 is 2.00 bits per heavy atom. The van der Waals surface area contributed by atoms with Gasteiger partial charge in [0.05, 0.1) is 0 Å². The molecular formula is C11H15F2N. The Hall–Kier alpha value is -0.960. The Balaban J connectivity index is 3.08. The van der Waals surface area contributed by atoms with Crippen LogP contribution < -0.4 is 5.73 Å². The molecule has 1 rings (SSSR count). The number of rotatable bonds is 3. The van der Waals surface area contributed by atoms with E-state index in [1.54, 1.807) is 12.1 Å². The highest BCUT2D eigenvalue weighted by Gasteiger charge is 2.15. The quantitative estimate of drug-likeness (QED) is 0.795. The SMILES string of the molecule is CC(N)Cc1cccc(F)c1C(C)F. The zero-order chi connectivity index (χ0) is 10.7. The predicted octanol–water partition coefficient (Wildman–Crippen LogP) is 2.75. The van der Waals surface area contributed by atoms with Gasteiger partial charge in [0, 0.05) is 11.6 Å². The molecule has 2 unspecified atom stereocenters. The standard InChI is InChI=1S/C11H15F2N/c1-7(14)6-9-4-3-5-10(13)11(9)8(2)12/h3-5,7-8H,6,14H2,1-2H3. The van der Waals surface area contributed by atoms with Gasteiger partial charge in [0.25, 0.3) is 0 Å². The molecule has 2 atom stereocenters. The van der Waals surface area contributed by atoms with Crippen LogP contribution in [-0.2, 0) is 6.42 Å². The largest absolute Gasteiger partial charge is 0.328 e. The fraction of sp³-hybridized carbons (Fsp3) is 0.455. The highest BCUT2D eigenvalue weighted by Crippen LogP contribution is 2.24. The summed E-state index contributed by atoms with van der Waals surface area (Å²) in [4.78, 5) is 0. The third-order valence-corrected chi connectivity index (χ3v) is 2.08. The molecular weight excluding hydrogens is 184 g/mol. The van der Waals surface area contributed by atoms with E-state index in [-0.39, 0.29) is 11.6 Å². The summed E-state index contributed by atoms with van der Waals surface area (Å²) in [6.07, 6.45) is -0.786. The Kier molecular flexibility index (Phi) is 3.58. The lowest BCUT2D eigenvalue weighted by Gasteiger charge is -2.13. The van der Waals surface area contributed by atoms with Crippen LogP contribution in [-0.4, -0.2) is 6.04 Å². The molecule has 0 aliphatic heterocycles. The molecule has 1 aromatic rings. The second-order valence-corrected chi connectivity index (χ2v) is 3.61. The highest BCUT2D eigenvalue weighted by atomic mass is 19.1. The zero-order valence-electron chi connectivity index (χ0n) is 8.43. The van der Waals surface area contributed by atoms with Crippen molar-refractivity contribution >= 4 is 0 Å². The van der Waals surface area contributed by atoms with Crippen molar-refractivity contribution in [3.63, 3.8) is 0 Å². The van der Waals surface area contributed by atoms with Gasteiger partial charge in [0.15, 0.2) is 0 Å². The lowest BCUT2D eigenvalue weighted by molar-refractivity contribution is 0.358. The van der Waals surface area contributed by atoms with Crippen LogP contribution >= 0.6 is 0 Å². The van der Waals surface area contributed by atoms with Crippen molar-refractivity contribution in [2.45, 2.75) is 32.5 Å². The van der Waals surface area contributed by atoms with Crippen LogP contribution in [0.5, 0.6) is 0 Å². The van der Waals surface area contributed by atoms with Crippen LogP contribution in [0.2, 0.25) is 0 Å². The molecule has 0 saturated carbocycles. The second-order valence-electron chi connectivity index (χ2n) is 3.61. The summed E-state index contributed by atoms with van der Waals surface area (Å²) in [7, 11) is 0. The van der Waals surface area contributed by atoms with Crippen molar-refractivity contribution in [3.05, 3.63) is 35.1 Å².